The molecule has 1 fully saturated rings. The molecule has 1 aromatic carbocycles. The molecule has 9 nitrogen and oxygen atoms in total. The molecule has 2 heterocycles. The highest BCUT2D eigenvalue weighted by Gasteiger charge is 2.42. The summed E-state index contributed by atoms with van der Waals surface area (Å²) in [5.41, 5.74) is 3.98. The lowest BCUT2D eigenvalue weighted by atomic mass is 10.0. The van der Waals surface area contributed by atoms with Crippen LogP contribution in [0.25, 0.3) is 11.3 Å². The first-order chi connectivity index (χ1) is 14.7. The molecule has 2 aromatic rings. The van der Waals surface area contributed by atoms with Crippen LogP contribution in [0.3, 0.4) is 0 Å². The van der Waals surface area contributed by atoms with E-state index in [9.17, 15) is 19.1 Å². The van der Waals surface area contributed by atoms with E-state index in [1.165, 1.54) is 36.4 Å². The number of hydrogen-bond donors (Lipinski definition) is 3. The molecule has 3 rings (SSSR count). The topological polar surface area (TPSA) is 131 Å². The SMILES string of the molecule is COCCNc1ncc(-c2cc(C#C[C@]3(O)CCN(C)C3=O)ccc2F)nc1C(N)=O. The van der Waals surface area contributed by atoms with Gasteiger partial charge < -0.3 is 25.8 Å². The van der Waals surface area contributed by atoms with E-state index in [-0.39, 0.29) is 29.2 Å². The van der Waals surface area contributed by atoms with Crippen molar-refractivity contribution in [2.24, 2.45) is 5.73 Å². The van der Waals surface area contributed by atoms with E-state index in [1.807, 2.05) is 0 Å². The summed E-state index contributed by atoms with van der Waals surface area (Å²) in [5.74, 6) is 3.56. The predicted molar refractivity (Wildman–Crippen MR) is 110 cm³/mol. The van der Waals surface area contributed by atoms with Crippen molar-refractivity contribution in [3.63, 3.8) is 0 Å². The number of methoxy groups -OCH3 is 1. The van der Waals surface area contributed by atoms with E-state index in [0.29, 0.717) is 25.3 Å². The predicted octanol–water partition coefficient (Wildman–Crippen LogP) is 0.385. The van der Waals surface area contributed by atoms with Gasteiger partial charge in [0.1, 0.15) is 5.82 Å². The number of nitrogens with one attached hydrogen (secondary N) is 1. The molecule has 0 radical (unpaired) electrons. The molecule has 1 aromatic heterocycles. The lowest BCUT2D eigenvalue weighted by Gasteiger charge is -2.13. The van der Waals surface area contributed by atoms with E-state index in [2.05, 4.69) is 27.1 Å². The second kappa shape index (κ2) is 9.07. The number of benzene rings is 1. The van der Waals surface area contributed by atoms with Crippen LogP contribution in [-0.2, 0) is 9.53 Å². The number of primary amides is 1. The van der Waals surface area contributed by atoms with Gasteiger partial charge in [-0.25, -0.2) is 14.4 Å². The quantitative estimate of drug-likeness (QED) is 0.449. The number of likely N-dealkylation sites (tertiary alicyclic amines) is 1. The van der Waals surface area contributed by atoms with Crippen LogP contribution in [0.1, 0.15) is 22.5 Å². The number of carbonyl (C=O) groups is 2. The van der Waals surface area contributed by atoms with Gasteiger partial charge in [-0.15, -0.1) is 0 Å². The standard InChI is InChI=1S/C21H22FN5O4/c1-27-9-7-21(30,20(27)29)6-5-13-3-4-15(22)14(11-13)16-12-25-19(24-8-10-31-2)17(26-16)18(23)28/h3-4,11-12,30H,7-10H2,1-2H3,(H2,23,28)(H,24,25)/t21-/m0/s1. The van der Waals surface area contributed by atoms with Crippen molar-refractivity contribution in [1.29, 1.82) is 0 Å². The number of aliphatic hydroxyl groups is 1. The van der Waals surface area contributed by atoms with Crippen molar-refractivity contribution in [3.05, 3.63) is 41.5 Å². The maximum absolute atomic E-state index is 14.5. The van der Waals surface area contributed by atoms with Gasteiger partial charge >= 0.3 is 0 Å². The molecule has 1 atom stereocenters. The third-order valence-electron chi connectivity index (χ3n) is 4.77. The Balaban J connectivity index is 1.94. The van der Waals surface area contributed by atoms with Crippen LogP contribution in [0, 0.1) is 17.7 Å². The van der Waals surface area contributed by atoms with Crippen molar-refractivity contribution in [3.8, 4) is 23.1 Å². The van der Waals surface area contributed by atoms with Crippen LogP contribution in [0.2, 0.25) is 0 Å². The third-order valence-corrected chi connectivity index (χ3v) is 4.77. The molecule has 0 spiro atoms. The van der Waals surface area contributed by atoms with Gasteiger partial charge in [0.05, 0.1) is 18.5 Å². The highest BCUT2D eigenvalue weighted by Crippen LogP contribution is 2.25. The van der Waals surface area contributed by atoms with Crippen LogP contribution < -0.4 is 11.1 Å². The minimum absolute atomic E-state index is 0.0482. The number of rotatable bonds is 6. The fourth-order valence-electron chi connectivity index (χ4n) is 3.04. The van der Waals surface area contributed by atoms with Crippen molar-refractivity contribution in [1.82, 2.24) is 14.9 Å². The number of nitrogens with zero attached hydrogens (tertiary/aromatic N) is 3. The number of hydrogen-bond acceptors (Lipinski definition) is 7. The number of nitrogens with two attached hydrogens (primary N) is 1. The van der Waals surface area contributed by atoms with Gasteiger partial charge in [0.25, 0.3) is 11.8 Å². The number of likely N-dealkylation sites (N-methyl/N-ethyl adjacent to an activating group) is 1. The first-order valence-corrected chi connectivity index (χ1v) is 9.46. The fourth-order valence-corrected chi connectivity index (χ4v) is 3.04. The van der Waals surface area contributed by atoms with Gasteiger partial charge in [-0.05, 0) is 18.2 Å². The zero-order valence-electron chi connectivity index (χ0n) is 17.1. The average Bonchev–Trinajstić information content (AvgIpc) is 3.01. The molecule has 0 bridgehead atoms. The first kappa shape index (κ1) is 22.1. The molecule has 1 aliphatic heterocycles. The lowest BCUT2D eigenvalue weighted by molar-refractivity contribution is -0.137. The van der Waals surface area contributed by atoms with Crippen LogP contribution in [0.4, 0.5) is 10.2 Å². The zero-order valence-corrected chi connectivity index (χ0v) is 17.1. The van der Waals surface area contributed by atoms with Crippen molar-refractivity contribution >= 4 is 17.6 Å². The molecule has 10 heteroatoms. The summed E-state index contributed by atoms with van der Waals surface area (Å²) in [7, 11) is 3.12. The Bertz CT molecular complexity index is 1080. The average molecular weight is 427 g/mol. The highest BCUT2D eigenvalue weighted by atomic mass is 19.1. The largest absolute Gasteiger partial charge is 0.383 e. The molecule has 1 aliphatic rings. The Kier molecular flexibility index (Phi) is 6.48. The van der Waals surface area contributed by atoms with Crippen molar-refractivity contribution in [2.45, 2.75) is 12.0 Å². The van der Waals surface area contributed by atoms with Crippen molar-refractivity contribution < 1.29 is 23.8 Å². The summed E-state index contributed by atoms with van der Waals surface area (Å²) < 4.78 is 19.4. The van der Waals surface area contributed by atoms with Gasteiger partial charge in [0, 0.05) is 44.8 Å². The summed E-state index contributed by atoms with van der Waals surface area (Å²) in [5, 5.41) is 13.3. The van der Waals surface area contributed by atoms with E-state index in [0.717, 1.165) is 0 Å². The molecule has 162 valence electrons. The summed E-state index contributed by atoms with van der Waals surface area (Å²) >= 11 is 0. The Morgan fingerprint density at radius 3 is 2.90 bits per heavy atom. The van der Waals surface area contributed by atoms with Gasteiger partial charge in [-0.3, -0.25) is 9.59 Å². The van der Waals surface area contributed by atoms with Crippen molar-refractivity contribution in [2.75, 3.05) is 39.2 Å². The molecule has 4 N–H and O–H groups in total. The second-order valence-electron chi connectivity index (χ2n) is 7.02. The van der Waals surface area contributed by atoms with E-state index >= 15 is 0 Å². The summed E-state index contributed by atoms with van der Waals surface area (Å²) in [6.07, 6.45) is 1.49. The Morgan fingerprint density at radius 2 is 2.26 bits per heavy atom. The van der Waals surface area contributed by atoms with Crippen LogP contribution >= 0.6 is 0 Å². The molecule has 0 unspecified atom stereocenters. The number of halogens is 1. The first-order valence-electron chi connectivity index (χ1n) is 9.46. The number of aromatic nitrogens is 2. The number of ether oxygens (including phenoxy) is 1. The van der Waals surface area contributed by atoms with Crippen LogP contribution in [-0.4, -0.2) is 71.2 Å². The number of carbonyl (C=O) groups excluding carboxylic acids is 2. The molecular weight excluding hydrogens is 405 g/mol. The minimum Gasteiger partial charge on any atom is -0.383 e. The van der Waals surface area contributed by atoms with Gasteiger partial charge in [-0.2, -0.15) is 0 Å². The van der Waals surface area contributed by atoms with Gasteiger partial charge in [0.2, 0.25) is 5.60 Å². The summed E-state index contributed by atoms with van der Waals surface area (Å²) in [6.45, 7) is 1.15. The highest BCUT2D eigenvalue weighted by molar-refractivity contribution is 5.96. The van der Waals surface area contributed by atoms with E-state index < -0.39 is 23.2 Å². The second-order valence-corrected chi connectivity index (χ2v) is 7.02. The zero-order chi connectivity index (χ0) is 22.6. The molecule has 0 aliphatic carbocycles. The Hall–Kier alpha value is -3.55. The third kappa shape index (κ3) is 4.79. The monoisotopic (exact) mass is 427 g/mol. The van der Waals surface area contributed by atoms with E-state index in [4.69, 9.17) is 10.5 Å². The Labute approximate surface area is 178 Å². The Morgan fingerprint density at radius 1 is 1.48 bits per heavy atom. The summed E-state index contributed by atoms with van der Waals surface area (Å²) in [6, 6.07) is 4.01. The normalized spacial score (nSPS) is 17.9. The van der Waals surface area contributed by atoms with Crippen LogP contribution in [0.5, 0.6) is 0 Å². The molecule has 1 saturated heterocycles. The summed E-state index contributed by atoms with van der Waals surface area (Å²) in [4.78, 5) is 33.5. The molecule has 2 amide bonds. The number of amides is 2. The van der Waals surface area contributed by atoms with Gasteiger partial charge in [-0.1, -0.05) is 11.8 Å². The number of anilines is 1. The molecule has 31 heavy (non-hydrogen) atoms. The maximum Gasteiger partial charge on any atom is 0.271 e. The fraction of sp³-hybridized carbons (Fsp3) is 0.333. The maximum atomic E-state index is 14.5. The van der Waals surface area contributed by atoms with Crippen LogP contribution in [0.15, 0.2) is 24.4 Å². The molecular formula is C21H22FN5O4. The molecule has 0 saturated carbocycles. The smallest absolute Gasteiger partial charge is 0.271 e. The minimum atomic E-state index is -1.77. The lowest BCUT2D eigenvalue weighted by Crippen LogP contribution is -2.37. The van der Waals surface area contributed by atoms with E-state index in [1.54, 1.807) is 7.05 Å². The van der Waals surface area contributed by atoms with Gasteiger partial charge in [0.15, 0.2) is 11.5 Å².